The average molecular weight is 1170 g/mol. The van der Waals surface area contributed by atoms with Gasteiger partial charge in [0.1, 0.15) is 0 Å². The average Bonchev–Trinajstić information content (AvgIpc) is 1.58. The minimum atomic E-state index is -0.0581. The molecule has 2 aliphatic carbocycles. The van der Waals surface area contributed by atoms with Crippen molar-refractivity contribution < 1.29 is 0 Å². The maximum Gasteiger partial charge on any atom is 0.0462 e. The van der Waals surface area contributed by atoms with Gasteiger partial charge in [-0.25, -0.2) is 0 Å². The van der Waals surface area contributed by atoms with Crippen LogP contribution in [0.3, 0.4) is 0 Å². The third-order valence-electron chi connectivity index (χ3n) is 20.2. The third kappa shape index (κ3) is 11.4. The molecule has 11 aromatic carbocycles. The second-order valence-corrected chi connectivity index (χ2v) is 26.3. The summed E-state index contributed by atoms with van der Waals surface area (Å²) in [5.41, 5.74) is 33.7. The van der Waals surface area contributed by atoms with Gasteiger partial charge in [-0.3, -0.25) is 0 Å². The lowest BCUT2D eigenvalue weighted by atomic mass is 9.70. The Balaban J connectivity index is 0.802. The second-order valence-electron chi connectivity index (χ2n) is 26.3. The number of hydrogen-bond acceptors (Lipinski definition) is 2. The summed E-state index contributed by atoms with van der Waals surface area (Å²) < 4.78 is 0. The first-order valence-electron chi connectivity index (χ1n) is 33.8. The monoisotopic (exact) mass is 1170 g/mol. The molecule has 0 fully saturated rings. The molecule has 13 rings (SSSR count). The topological polar surface area (TPSA) is 6.48 Å². The summed E-state index contributed by atoms with van der Waals surface area (Å²) >= 11 is 0. The van der Waals surface area contributed by atoms with Crippen molar-refractivity contribution >= 4 is 34.1 Å². The number of benzene rings is 11. The Labute approximate surface area is 538 Å². The summed E-state index contributed by atoms with van der Waals surface area (Å²) in [5, 5.41) is 0. The molecular weight excluding hydrogens is 1080 g/mol. The molecule has 0 bridgehead atoms. The van der Waals surface area contributed by atoms with Gasteiger partial charge in [0.05, 0.1) is 0 Å². The highest BCUT2D eigenvalue weighted by molar-refractivity contribution is 5.90. The van der Waals surface area contributed by atoms with E-state index in [-0.39, 0.29) is 10.8 Å². The van der Waals surface area contributed by atoms with Gasteiger partial charge in [0, 0.05) is 45.0 Å². The van der Waals surface area contributed by atoms with Gasteiger partial charge in [-0.15, -0.1) is 0 Å². The van der Waals surface area contributed by atoms with E-state index in [4.69, 9.17) is 0 Å². The van der Waals surface area contributed by atoms with Crippen molar-refractivity contribution in [3.8, 4) is 66.8 Å². The predicted octanol–water partition coefficient (Wildman–Crippen LogP) is 25.8. The van der Waals surface area contributed by atoms with Crippen molar-refractivity contribution in [1.29, 1.82) is 0 Å². The van der Waals surface area contributed by atoms with Crippen molar-refractivity contribution in [2.24, 2.45) is 0 Å². The molecule has 450 valence electrons. The molecule has 90 heavy (non-hydrogen) atoms. The Bertz CT molecular complexity index is 3890. The highest BCUT2D eigenvalue weighted by Gasteiger charge is 2.44. The van der Waals surface area contributed by atoms with Crippen molar-refractivity contribution in [2.75, 3.05) is 9.80 Å². The van der Waals surface area contributed by atoms with Crippen LogP contribution in [0.15, 0.2) is 243 Å². The lowest BCUT2D eigenvalue weighted by Gasteiger charge is -2.33. The molecule has 0 aliphatic heterocycles. The highest BCUT2D eigenvalue weighted by Crippen LogP contribution is 2.58. The minimum Gasteiger partial charge on any atom is -0.311 e. The highest BCUT2D eigenvalue weighted by atomic mass is 15.1. The Hall–Kier alpha value is -8.98. The van der Waals surface area contributed by atoms with Crippen molar-refractivity contribution in [1.82, 2.24) is 0 Å². The van der Waals surface area contributed by atoms with Crippen LogP contribution in [0.5, 0.6) is 0 Å². The molecule has 0 saturated carbocycles. The first kappa shape index (κ1) is 60.0. The predicted molar refractivity (Wildman–Crippen MR) is 387 cm³/mol. The van der Waals surface area contributed by atoms with E-state index in [1.807, 2.05) is 0 Å². The third-order valence-corrected chi connectivity index (χ3v) is 20.2. The molecule has 2 aliphatic rings. The first-order chi connectivity index (χ1) is 44.0. The van der Waals surface area contributed by atoms with Gasteiger partial charge < -0.3 is 9.80 Å². The van der Waals surface area contributed by atoms with Gasteiger partial charge >= 0.3 is 0 Å². The standard InChI is InChI=1S/C88H88N2/c1-9-13-53-87(54-14-10-2)83-57-69(33-49-79(83)81-51-35-71(59-85(81)87)67-29-45-77(46-30-67)89(73-37-17-61(5)18-38-73)74-39-19-62(6)20-40-74)65-25-27-66(28-26-65)70-34-50-80-82-52-36-72(60-86(82)88(55-15-11-3,56-16-12-4)84(80)58-70)68-31-47-78(48-32-68)90(75-41-21-63(7)22-42-75)76-43-23-64(8)24-44-76/h17-52,57-60H,9-16,53-56H2,1-8H3. The Morgan fingerprint density at radius 1 is 0.222 bits per heavy atom. The molecule has 0 atom stereocenters. The van der Waals surface area contributed by atoms with E-state index in [9.17, 15) is 0 Å². The van der Waals surface area contributed by atoms with Gasteiger partial charge in [0.25, 0.3) is 0 Å². The zero-order valence-corrected chi connectivity index (χ0v) is 54.5. The summed E-state index contributed by atoms with van der Waals surface area (Å²) in [6.45, 7) is 18.1. The van der Waals surface area contributed by atoms with Crippen LogP contribution in [0.1, 0.15) is 149 Å². The first-order valence-corrected chi connectivity index (χ1v) is 33.8. The fourth-order valence-corrected chi connectivity index (χ4v) is 15.1. The van der Waals surface area contributed by atoms with Crippen LogP contribution < -0.4 is 9.80 Å². The number of fused-ring (bicyclic) bond motifs is 6. The van der Waals surface area contributed by atoms with Crippen LogP contribution in [0.2, 0.25) is 0 Å². The number of rotatable bonds is 22. The smallest absolute Gasteiger partial charge is 0.0462 e. The van der Waals surface area contributed by atoms with Crippen LogP contribution >= 0.6 is 0 Å². The molecule has 0 aromatic heterocycles. The van der Waals surface area contributed by atoms with E-state index in [1.165, 1.54) is 163 Å². The van der Waals surface area contributed by atoms with E-state index in [1.54, 1.807) is 0 Å². The fraction of sp³-hybridized carbons (Fsp3) is 0.250. The van der Waals surface area contributed by atoms with Gasteiger partial charge in [-0.1, -0.05) is 247 Å². The molecular formula is C88H88N2. The molecule has 0 spiro atoms. The van der Waals surface area contributed by atoms with Crippen LogP contribution in [-0.4, -0.2) is 0 Å². The van der Waals surface area contributed by atoms with E-state index >= 15 is 0 Å². The van der Waals surface area contributed by atoms with Crippen LogP contribution in [0, 0.1) is 27.7 Å². The number of unbranched alkanes of at least 4 members (excludes halogenated alkanes) is 4. The molecule has 0 heterocycles. The van der Waals surface area contributed by atoms with Gasteiger partial charge in [0.2, 0.25) is 0 Å². The zero-order valence-electron chi connectivity index (χ0n) is 54.5. The maximum absolute atomic E-state index is 2.59. The summed E-state index contributed by atoms with van der Waals surface area (Å²) in [6.07, 6.45) is 14.0. The van der Waals surface area contributed by atoms with E-state index in [0.717, 1.165) is 59.8 Å². The molecule has 0 unspecified atom stereocenters. The minimum absolute atomic E-state index is 0.0581. The molecule has 11 aromatic rings. The van der Waals surface area contributed by atoms with Crippen molar-refractivity contribution in [3.63, 3.8) is 0 Å². The van der Waals surface area contributed by atoms with Crippen LogP contribution in [0.25, 0.3) is 66.8 Å². The number of nitrogens with zero attached hydrogens (tertiary/aromatic N) is 2. The lowest BCUT2D eigenvalue weighted by molar-refractivity contribution is 0.414. The van der Waals surface area contributed by atoms with E-state index in [0.29, 0.717) is 0 Å². The van der Waals surface area contributed by atoms with Crippen LogP contribution in [-0.2, 0) is 10.8 Å². The summed E-state index contributed by atoms with van der Waals surface area (Å²) in [5.74, 6) is 0. The zero-order chi connectivity index (χ0) is 61.9. The Morgan fingerprint density at radius 3 is 0.600 bits per heavy atom. The van der Waals surface area contributed by atoms with Gasteiger partial charge in [0.15, 0.2) is 0 Å². The Morgan fingerprint density at radius 2 is 0.400 bits per heavy atom. The van der Waals surface area contributed by atoms with Gasteiger partial charge in [-0.05, 0) is 239 Å². The largest absolute Gasteiger partial charge is 0.311 e. The quantitative estimate of drug-likeness (QED) is 0.0667. The molecule has 0 radical (unpaired) electrons. The maximum atomic E-state index is 2.59. The summed E-state index contributed by atoms with van der Waals surface area (Å²) in [4.78, 5) is 4.74. The second kappa shape index (κ2) is 25.9. The molecule has 2 heteroatoms. The van der Waals surface area contributed by atoms with Crippen LogP contribution in [0.4, 0.5) is 34.1 Å². The molecule has 2 nitrogen and oxygen atoms in total. The lowest BCUT2D eigenvalue weighted by Crippen LogP contribution is -2.25. The van der Waals surface area contributed by atoms with Gasteiger partial charge in [-0.2, -0.15) is 0 Å². The summed E-state index contributed by atoms with van der Waals surface area (Å²) in [7, 11) is 0. The Kier molecular flexibility index (Phi) is 17.2. The number of hydrogen-bond donors (Lipinski definition) is 0. The summed E-state index contributed by atoms with van der Waals surface area (Å²) in [6, 6.07) is 93.3. The van der Waals surface area contributed by atoms with E-state index < -0.39 is 0 Å². The fourth-order valence-electron chi connectivity index (χ4n) is 15.1. The number of aryl methyl sites for hydroxylation is 4. The molecule has 0 amide bonds. The van der Waals surface area contributed by atoms with E-state index in [2.05, 4.69) is 308 Å². The van der Waals surface area contributed by atoms with Crippen molar-refractivity contribution in [2.45, 2.75) is 143 Å². The molecule has 0 saturated heterocycles. The SMILES string of the molecule is CCCCC1(CCCC)c2cc(-c3ccc(-c4ccc5c(c4)C(CCCC)(CCCC)c4cc(-c6ccc(N(c7ccc(C)cc7)c7ccc(C)cc7)cc6)ccc4-5)cc3)ccc2-c2ccc(-c3ccc(N(c4ccc(C)cc4)c4ccc(C)cc4)cc3)cc21. The molecule has 0 N–H and O–H groups in total. The number of anilines is 6. The van der Waals surface area contributed by atoms with Crippen molar-refractivity contribution in [3.05, 3.63) is 287 Å². The normalized spacial score (nSPS) is 13.2.